The Morgan fingerprint density at radius 2 is 2.00 bits per heavy atom. The monoisotopic (exact) mass is 416 g/mol. The summed E-state index contributed by atoms with van der Waals surface area (Å²) in [5.41, 5.74) is 2.81. The van der Waals surface area contributed by atoms with Crippen molar-refractivity contribution < 1.29 is 14.3 Å². The Kier molecular flexibility index (Phi) is 6.90. The molecule has 1 N–H and O–H groups in total. The molecule has 0 fully saturated rings. The van der Waals surface area contributed by atoms with E-state index < -0.39 is 0 Å². The van der Waals surface area contributed by atoms with Gasteiger partial charge >= 0.3 is 0 Å². The summed E-state index contributed by atoms with van der Waals surface area (Å²) in [6, 6.07) is 13.3. The number of hydrogen-bond acceptors (Lipinski definition) is 5. The number of methoxy groups -OCH3 is 1. The summed E-state index contributed by atoms with van der Waals surface area (Å²) in [7, 11) is 1.57. The van der Waals surface area contributed by atoms with Crippen LogP contribution in [0.15, 0.2) is 47.8 Å². The summed E-state index contributed by atoms with van der Waals surface area (Å²) in [6.45, 7) is 2.52. The van der Waals surface area contributed by atoms with Crippen molar-refractivity contribution in [2.75, 3.05) is 19.0 Å². The third-order valence-corrected chi connectivity index (χ3v) is 5.09. The molecule has 146 valence electrons. The van der Waals surface area contributed by atoms with Gasteiger partial charge < -0.3 is 14.8 Å². The molecular weight excluding hydrogens is 396 g/mol. The van der Waals surface area contributed by atoms with E-state index in [0.717, 1.165) is 17.0 Å². The van der Waals surface area contributed by atoms with Gasteiger partial charge in [0.1, 0.15) is 11.5 Å². The molecule has 0 aliphatic rings. The molecule has 3 rings (SSSR count). The van der Waals surface area contributed by atoms with E-state index in [9.17, 15) is 4.79 Å². The summed E-state index contributed by atoms with van der Waals surface area (Å²) in [4.78, 5) is 16.6. The van der Waals surface area contributed by atoms with Crippen molar-refractivity contribution >= 4 is 34.0 Å². The van der Waals surface area contributed by atoms with E-state index in [2.05, 4.69) is 10.3 Å². The fourth-order valence-corrected chi connectivity index (χ4v) is 3.52. The summed E-state index contributed by atoms with van der Waals surface area (Å²) in [6.07, 6.45) is 1.00. The first kappa shape index (κ1) is 20.2. The van der Waals surface area contributed by atoms with Crippen molar-refractivity contribution in [1.82, 2.24) is 4.98 Å². The van der Waals surface area contributed by atoms with Crippen molar-refractivity contribution in [3.05, 3.63) is 58.4 Å². The molecule has 1 aromatic heterocycles. The minimum Gasteiger partial charge on any atom is -0.495 e. The molecule has 0 unspecified atom stereocenters. The summed E-state index contributed by atoms with van der Waals surface area (Å²) >= 11 is 7.54. The zero-order valence-corrected chi connectivity index (χ0v) is 17.3. The molecule has 5 nitrogen and oxygen atoms in total. The first-order valence-corrected chi connectivity index (χ1v) is 10.1. The molecule has 0 aliphatic carbocycles. The number of amides is 1. The molecule has 0 spiro atoms. The van der Waals surface area contributed by atoms with Gasteiger partial charge in [-0.2, -0.15) is 0 Å². The molecule has 0 radical (unpaired) electrons. The largest absolute Gasteiger partial charge is 0.495 e. The number of halogens is 1. The maximum Gasteiger partial charge on any atom is 0.226 e. The highest BCUT2D eigenvalue weighted by Crippen LogP contribution is 2.31. The second-order valence-corrected chi connectivity index (χ2v) is 7.47. The standard InChI is InChI=1S/C21H21ClN2O3S/c1-14-5-8-16(9-6-14)27-11-3-4-20(25)24-21-23-18(13-28-21)15-7-10-19(26-2)17(22)12-15/h5-10,12-13H,3-4,11H2,1-2H3,(H,23,24,25). The average Bonchev–Trinajstić information content (AvgIpc) is 3.15. The lowest BCUT2D eigenvalue weighted by Crippen LogP contribution is -2.12. The first-order chi connectivity index (χ1) is 13.5. The molecule has 0 bridgehead atoms. The first-order valence-electron chi connectivity index (χ1n) is 8.84. The van der Waals surface area contributed by atoms with E-state index in [1.54, 1.807) is 19.2 Å². The van der Waals surface area contributed by atoms with Crippen LogP contribution >= 0.6 is 22.9 Å². The second kappa shape index (κ2) is 9.57. The van der Waals surface area contributed by atoms with E-state index >= 15 is 0 Å². The van der Waals surface area contributed by atoms with Gasteiger partial charge in [-0.05, 0) is 43.7 Å². The number of thiazole rings is 1. The molecule has 1 amide bonds. The Labute approximate surface area is 173 Å². The van der Waals surface area contributed by atoms with Gasteiger partial charge in [-0.15, -0.1) is 11.3 Å². The predicted octanol–water partition coefficient (Wildman–Crippen LogP) is 5.58. The van der Waals surface area contributed by atoms with Crippen molar-refractivity contribution in [2.45, 2.75) is 19.8 Å². The minimum atomic E-state index is -0.0823. The van der Waals surface area contributed by atoms with Gasteiger partial charge in [0.25, 0.3) is 0 Å². The molecule has 7 heteroatoms. The number of benzene rings is 2. The number of hydrogen-bond donors (Lipinski definition) is 1. The van der Waals surface area contributed by atoms with Crippen LogP contribution in [0.3, 0.4) is 0 Å². The zero-order valence-electron chi connectivity index (χ0n) is 15.7. The number of carbonyl (C=O) groups is 1. The van der Waals surface area contributed by atoms with Crippen molar-refractivity contribution in [3.8, 4) is 22.8 Å². The van der Waals surface area contributed by atoms with Gasteiger partial charge in [0.05, 0.1) is 24.4 Å². The van der Waals surface area contributed by atoms with Crippen LogP contribution in [0, 0.1) is 6.92 Å². The fourth-order valence-electron chi connectivity index (χ4n) is 2.53. The molecule has 2 aromatic carbocycles. The highest BCUT2D eigenvalue weighted by atomic mass is 35.5. The lowest BCUT2D eigenvalue weighted by molar-refractivity contribution is -0.116. The topological polar surface area (TPSA) is 60.5 Å². The predicted molar refractivity (Wildman–Crippen MR) is 114 cm³/mol. The third kappa shape index (κ3) is 5.47. The van der Waals surface area contributed by atoms with E-state index in [-0.39, 0.29) is 5.91 Å². The number of rotatable bonds is 8. The lowest BCUT2D eigenvalue weighted by atomic mass is 10.2. The van der Waals surface area contributed by atoms with Crippen LogP contribution < -0.4 is 14.8 Å². The molecule has 0 saturated heterocycles. The van der Waals surface area contributed by atoms with Crippen LogP contribution in [0.5, 0.6) is 11.5 Å². The van der Waals surface area contributed by atoms with Crippen LogP contribution in [-0.4, -0.2) is 24.6 Å². The maximum absolute atomic E-state index is 12.1. The van der Waals surface area contributed by atoms with E-state index in [4.69, 9.17) is 21.1 Å². The second-order valence-electron chi connectivity index (χ2n) is 6.20. The van der Waals surface area contributed by atoms with Crippen molar-refractivity contribution in [3.63, 3.8) is 0 Å². The minimum absolute atomic E-state index is 0.0823. The van der Waals surface area contributed by atoms with Crippen molar-refractivity contribution in [2.24, 2.45) is 0 Å². The Bertz CT molecular complexity index is 941. The van der Waals surface area contributed by atoms with E-state index in [1.165, 1.54) is 16.9 Å². The van der Waals surface area contributed by atoms with Gasteiger partial charge in [0.15, 0.2) is 5.13 Å². The SMILES string of the molecule is COc1ccc(-c2csc(NC(=O)CCCOc3ccc(C)cc3)n2)cc1Cl. The Morgan fingerprint density at radius 1 is 1.21 bits per heavy atom. The number of nitrogens with zero attached hydrogens (tertiary/aromatic N) is 1. The number of nitrogens with one attached hydrogen (secondary N) is 1. The van der Waals surface area contributed by atoms with Gasteiger partial charge in [-0.3, -0.25) is 4.79 Å². The van der Waals surface area contributed by atoms with Crippen LogP contribution in [0.25, 0.3) is 11.3 Å². The average molecular weight is 417 g/mol. The number of aryl methyl sites for hydroxylation is 1. The molecule has 1 heterocycles. The molecule has 3 aromatic rings. The van der Waals surface area contributed by atoms with Crippen LogP contribution in [0.2, 0.25) is 5.02 Å². The molecule has 0 aliphatic heterocycles. The quantitative estimate of drug-likeness (QED) is 0.487. The van der Waals surface area contributed by atoms with E-state index in [1.807, 2.05) is 42.6 Å². The van der Waals surface area contributed by atoms with Gasteiger partial charge in [-0.25, -0.2) is 4.98 Å². The highest BCUT2D eigenvalue weighted by Gasteiger charge is 2.10. The lowest BCUT2D eigenvalue weighted by Gasteiger charge is -2.06. The zero-order chi connectivity index (χ0) is 19.9. The maximum atomic E-state index is 12.1. The number of ether oxygens (including phenoxy) is 2. The number of anilines is 1. The molecular formula is C21H21ClN2O3S. The van der Waals surface area contributed by atoms with Crippen LogP contribution in [0.4, 0.5) is 5.13 Å². The van der Waals surface area contributed by atoms with Crippen molar-refractivity contribution in [1.29, 1.82) is 0 Å². The Hall–Kier alpha value is -2.57. The summed E-state index contributed by atoms with van der Waals surface area (Å²) in [5.74, 6) is 1.34. The number of aromatic nitrogens is 1. The fraction of sp³-hybridized carbons (Fsp3) is 0.238. The normalized spacial score (nSPS) is 10.5. The van der Waals surface area contributed by atoms with Crippen LogP contribution in [-0.2, 0) is 4.79 Å². The third-order valence-electron chi connectivity index (χ3n) is 4.04. The van der Waals surface area contributed by atoms with Crippen LogP contribution in [0.1, 0.15) is 18.4 Å². The van der Waals surface area contributed by atoms with Gasteiger partial charge in [-0.1, -0.05) is 29.3 Å². The van der Waals surface area contributed by atoms with Gasteiger partial charge in [0, 0.05) is 17.4 Å². The van der Waals surface area contributed by atoms with Gasteiger partial charge in [0.2, 0.25) is 5.91 Å². The Morgan fingerprint density at radius 3 is 2.71 bits per heavy atom. The Balaban J connectivity index is 1.47. The van der Waals surface area contributed by atoms with E-state index in [0.29, 0.717) is 35.4 Å². The smallest absolute Gasteiger partial charge is 0.226 e. The molecule has 0 atom stereocenters. The highest BCUT2D eigenvalue weighted by molar-refractivity contribution is 7.14. The molecule has 0 saturated carbocycles. The summed E-state index contributed by atoms with van der Waals surface area (Å²) in [5, 5.41) is 5.80. The molecule has 28 heavy (non-hydrogen) atoms. The summed E-state index contributed by atoms with van der Waals surface area (Å²) < 4.78 is 10.8. The number of carbonyl (C=O) groups excluding carboxylic acids is 1.